The van der Waals surface area contributed by atoms with Crippen LogP contribution in [0.3, 0.4) is 0 Å². The molecule has 0 amide bonds. The first-order valence-corrected chi connectivity index (χ1v) is 25.8. The number of alkyl halides is 1. The van der Waals surface area contributed by atoms with Gasteiger partial charge < -0.3 is 14.9 Å². The average molecular weight is 620 g/mol. The summed E-state index contributed by atoms with van der Waals surface area (Å²) in [5.74, 6) is 4.25. The minimum atomic E-state index is -1.13. The van der Waals surface area contributed by atoms with Crippen LogP contribution in [0.4, 0.5) is 0 Å². The van der Waals surface area contributed by atoms with E-state index in [9.17, 15) is 0 Å². The predicted octanol–water partition coefficient (Wildman–Crippen LogP) is 9.68. The molecule has 4 saturated carbocycles. The third-order valence-electron chi connectivity index (χ3n) is 9.95. The van der Waals surface area contributed by atoms with E-state index in [1.807, 2.05) is 0 Å². The fraction of sp³-hybridized carbons (Fsp3) is 0.913. The van der Waals surface area contributed by atoms with Crippen LogP contribution in [0.1, 0.15) is 64.2 Å². The molecule has 4 fully saturated rings. The Hall–Kier alpha value is 2.38. The van der Waals surface area contributed by atoms with Gasteiger partial charge in [-0.15, -0.1) is 0 Å². The van der Waals surface area contributed by atoms with Crippen LogP contribution in [-0.2, 0) is 20.8 Å². The van der Waals surface area contributed by atoms with Crippen molar-refractivity contribution >= 4 is 48.1 Å². The zero-order chi connectivity index (χ0) is 19.8. The predicted molar refractivity (Wildman–Crippen MR) is 140 cm³/mol. The zero-order valence-electron chi connectivity index (χ0n) is 19.7. The first kappa shape index (κ1) is 29.4. The molecule has 0 heterocycles. The van der Waals surface area contributed by atoms with Gasteiger partial charge in [0.05, 0.1) is 0 Å². The second-order valence-corrected chi connectivity index (χ2v) is 32.0. The van der Waals surface area contributed by atoms with E-state index in [1.165, 1.54) is 31.2 Å². The standard InChI is InChI=1S/C21H39BrSi2.2CH3.2ClH.Zr/c1-23(2,16-9-5-6-10-16)24(3,4)20-13-12-18-19(20)14-15-8-7-11-17(15)21(18)22;;;;;/h15-21H,5-14H2,1-4H3;2*1H3;2*1H;/q;2*-1;;;+4/p-2. The Morgan fingerprint density at radius 3 is 1.90 bits per heavy atom. The molecule has 0 saturated heterocycles. The molecule has 4 rings (SSSR count). The minimum absolute atomic E-state index is 0. The molecule has 170 valence electrons. The first-order chi connectivity index (χ1) is 12.8. The van der Waals surface area contributed by atoms with Gasteiger partial charge >= 0.3 is 37.9 Å². The Labute approximate surface area is 212 Å². The molecular formula is C23H45BrCl2Si2Zr. The van der Waals surface area contributed by atoms with Crippen LogP contribution >= 0.6 is 33.0 Å². The van der Waals surface area contributed by atoms with Crippen molar-refractivity contribution in [2.75, 3.05) is 0 Å². The topological polar surface area (TPSA) is 0 Å². The molecule has 0 aliphatic heterocycles. The zero-order valence-corrected chi connectivity index (χ0v) is 27.3. The fourth-order valence-electron chi connectivity index (χ4n) is 7.82. The fourth-order valence-corrected chi connectivity index (χ4v) is 23.3. The summed E-state index contributed by atoms with van der Waals surface area (Å²) in [6.45, 7) is 11.4. The van der Waals surface area contributed by atoms with E-state index < -0.39 is 36.0 Å². The van der Waals surface area contributed by atoms with Gasteiger partial charge in [-0.3, -0.25) is 0 Å². The summed E-state index contributed by atoms with van der Waals surface area (Å²) in [5, 5.41) is 0. The van der Waals surface area contributed by atoms with E-state index >= 15 is 0 Å². The second kappa shape index (κ2) is 12.2. The van der Waals surface area contributed by atoms with Gasteiger partial charge in [0.15, 0.2) is 0 Å². The number of fused-ring (bicyclic) bond motifs is 2. The van der Waals surface area contributed by atoms with Crippen LogP contribution in [0.2, 0.25) is 37.3 Å². The molecule has 0 spiro atoms. The molecule has 0 aromatic carbocycles. The van der Waals surface area contributed by atoms with Crippen LogP contribution in [0.25, 0.3) is 0 Å². The Morgan fingerprint density at radius 1 is 0.724 bits per heavy atom. The molecule has 4 aliphatic carbocycles. The van der Waals surface area contributed by atoms with Crippen LogP contribution in [0, 0.1) is 38.5 Å². The Morgan fingerprint density at radius 2 is 1.31 bits per heavy atom. The molecule has 6 unspecified atom stereocenters. The van der Waals surface area contributed by atoms with Gasteiger partial charge in [-0.1, -0.05) is 87.1 Å². The van der Waals surface area contributed by atoms with Crippen LogP contribution < -0.4 is 0 Å². The Balaban J connectivity index is 0.000000794. The summed E-state index contributed by atoms with van der Waals surface area (Å²) in [5.41, 5.74) is 2.33. The van der Waals surface area contributed by atoms with Gasteiger partial charge in [0, 0.05) is 20.0 Å². The summed E-state index contributed by atoms with van der Waals surface area (Å²) in [6, 6.07) is 0. The maximum absolute atomic E-state index is 4.93. The SMILES string of the molecule is C[Si](C)(C1CCCC1)[Si](C)(C)C1CCC2C(Br)C3CCCC3CC21.[CH3-].[CH3-].[Cl][Zr+2][Cl]. The van der Waals surface area contributed by atoms with Crippen molar-refractivity contribution in [1.29, 1.82) is 0 Å². The van der Waals surface area contributed by atoms with E-state index in [0.29, 0.717) is 0 Å². The van der Waals surface area contributed by atoms with Crippen molar-refractivity contribution < 1.29 is 20.8 Å². The summed E-state index contributed by atoms with van der Waals surface area (Å²) < 4.78 is 0. The van der Waals surface area contributed by atoms with Crippen molar-refractivity contribution in [2.24, 2.45) is 23.7 Å². The molecule has 0 nitrogen and oxygen atoms in total. The van der Waals surface area contributed by atoms with Crippen molar-refractivity contribution in [3.63, 3.8) is 0 Å². The summed E-state index contributed by atoms with van der Waals surface area (Å²) in [4.78, 5) is 0.870. The number of halogens is 3. The number of hydrogen-bond acceptors (Lipinski definition) is 0. The van der Waals surface area contributed by atoms with Crippen LogP contribution in [0.15, 0.2) is 0 Å². The van der Waals surface area contributed by atoms with E-state index in [1.54, 1.807) is 38.5 Å². The van der Waals surface area contributed by atoms with Gasteiger partial charge in [0.25, 0.3) is 0 Å². The van der Waals surface area contributed by atoms with Crippen LogP contribution in [0.5, 0.6) is 0 Å². The van der Waals surface area contributed by atoms with Gasteiger partial charge in [-0.25, -0.2) is 0 Å². The van der Waals surface area contributed by atoms with E-state index in [-0.39, 0.29) is 14.9 Å². The number of hydrogen-bond donors (Lipinski definition) is 0. The molecule has 6 atom stereocenters. The number of rotatable bonds is 3. The van der Waals surface area contributed by atoms with Gasteiger partial charge in [-0.2, -0.15) is 0 Å². The molecule has 6 heteroatoms. The maximum atomic E-state index is 4.93. The van der Waals surface area contributed by atoms with Gasteiger partial charge in [-0.05, 0) is 54.0 Å². The Kier molecular flexibility index (Phi) is 12.4. The Bertz CT molecular complexity index is 499. The van der Waals surface area contributed by atoms with Crippen LogP contribution in [-0.4, -0.2) is 20.0 Å². The molecule has 0 aromatic rings. The summed E-state index contributed by atoms with van der Waals surface area (Å²) in [6.07, 6.45) is 15.6. The molecular weight excluding hydrogens is 574 g/mol. The van der Waals surface area contributed by atoms with E-state index in [2.05, 4.69) is 42.1 Å². The van der Waals surface area contributed by atoms with Crippen molar-refractivity contribution in [1.82, 2.24) is 0 Å². The van der Waals surface area contributed by atoms with Crippen molar-refractivity contribution in [2.45, 2.75) is 106 Å². The third kappa shape index (κ3) is 5.72. The second-order valence-electron chi connectivity index (χ2n) is 11.0. The average Bonchev–Trinajstić information content (AvgIpc) is 3.36. The van der Waals surface area contributed by atoms with Gasteiger partial charge in [0.2, 0.25) is 0 Å². The molecule has 0 bridgehead atoms. The van der Waals surface area contributed by atoms with Gasteiger partial charge in [0.1, 0.15) is 0 Å². The van der Waals surface area contributed by atoms with E-state index in [4.69, 9.17) is 17.0 Å². The van der Waals surface area contributed by atoms with Crippen molar-refractivity contribution in [3.8, 4) is 0 Å². The summed E-state index contributed by atoms with van der Waals surface area (Å²) in [7, 11) is 7.67. The first-order valence-electron chi connectivity index (χ1n) is 11.4. The normalized spacial score (nSPS) is 36.7. The molecule has 0 aromatic heterocycles. The summed E-state index contributed by atoms with van der Waals surface area (Å²) >= 11 is 3.41. The molecule has 4 aliphatic rings. The molecule has 0 N–H and O–H groups in total. The quantitative estimate of drug-likeness (QED) is 0.168. The van der Waals surface area contributed by atoms with E-state index in [0.717, 1.165) is 34.0 Å². The molecule has 29 heavy (non-hydrogen) atoms. The van der Waals surface area contributed by atoms with Crippen molar-refractivity contribution in [3.05, 3.63) is 14.9 Å². The third-order valence-corrected chi connectivity index (χ3v) is 32.1. The molecule has 0 radical (unpaired) electrons. The monoisotopic (exact) mass is 616 g/mol.